The average molecular weight is 396 g/mol. The first-order chi connectivity index (χ1) is 14.0. The van der Waals surface area contributed by atoms with E-state index in [-0.39, 0.29) is 11.8 Å². The summed E-state index contributed by atoms with van der Waals surface area (Å²) in [5, 5.41) is 2.93. The van der Waals surface area contributed by atoms with Crippen LogP contribution in [-0.4, -0.2) is 24.7 Å². The Morgan fingerprint density at radius 3 is 2.62 bits per heavy atom. The molecule has 29 heavy (non-hydrogen) atoms. The second kappa shape index (κ2) is 7.66. The van der Waals surface area contributed by atoms with Gasteiger partial charge < -0.3 is 19.2 Å². The van der Waals surface area contributed by atoms with E-state index in [1.165, 1.54) is 4.57 Å². The molecule has 1 unspecified atom stereocenters. The number of benzene rings is 2. The lowest BCUT2D eigenvalue weighted by atomic mass is 9.90. The molecule has 7 nitrogen and oxygen atoms in total. The molecule has 2 aromatic carbocycles. The molecular formula is C22H24N2O5. The van der Waals surface area contributed by atoms with Gasteiger partial charge in [-0.05, 0) is 54.5 Å². The summed E-state index contributed by atoms with van der Waals surface area (Å²) in [5.74, 6) is 1.45. The van der Waals surface area contributed by atoms with E-state index in [0.29, 0.717) is 40.6 Å². The summed E-state index contributed by atoms with van der Waals surface area (Å²) in [7, 11) is 4.86. The molecule has 1 N–H and O–H groups in total. The molecule has 1 aliphatic carbocycles. The molecule has 0 bridgehead atoms. The summed E-state index contributed by atoms with van der Waals surface area (Å²) in [6.45, 7) is 0. The molecule has 0 saturated heterocycles. The van der Waals surface area contributed by atoms with E-state index in [0.717, 1.165) is 18.4 Å². The molecule has 1 amide bonds. The van der Waals surface area contributed by atoms with Crippen molar-refractivity contribution in [3.8, 4) is 11.5 Å². The average Bonchev–Trinajstić information content (AvgIpc) is 3.52. The minimum atomic E-state index is -0.425. The summed E-state index contributed by atoms with van der Waals surface area (Å²) in [6.07, 6.45) is 2.61. The fourth-order valence-corrected chi connectivity index (χ4v) is 3.76. The number of anilines is 1. The molecule has 1 fully saturated rings. The second-order valence-corrected chi connectivity index (χ2v) is 7.42. The van der Waals surface area contributed by atoms with Gasteiger partial charge in [0.25, 0.3) is 0 Å². The zero-order chi connectivity index (χ0) is 20.5. The van der Waals surface area contributed by atoms with Gasteiger partial charge in [0, 0.05) is 25.2 Å². The molecule has 4 rings (SSSR count). The van der Waals surface area contributed by atoms with Gasteiger partial charge in [-0.1, -0.05) is 6.07 Å². The molecule has 1 atom stereocenters. The molecule has 0 aliphatic heterocycles. The maximum Gasteiger partial charge on any atom is 0.419 e. The third-order valence-electron chi connectivity index (χ3n) is 5.51. The largest absolute Gasteiger partial charge is 0.493 e. The van der Waals surface area contributed by atoms with Gasteiger partial charge in [0.05, 0.1) is 19.7 Å². The first-order valence-electron chi connectivity index (χ1n) is 9.61. The van der Waals surface area contributed by atoms with Crippen molar-refractivity contribution in [1.29, 1.82) is 0 Å². The lowest BCUT2D eigenvalue weighted by Gasteiger charge is -2.18. The van der Waals surface area contributed by atoms with Crippen LogP contribution in [0, 0.1) is 5.92 Å². The highest BCUT2D eigenvalue weighted by Gasteiger charge is 2.34. The molecule has 152 valence electrons. The van der Waals surface area contributed by atoms with Gasteiger partial charge in [-0.2, -0.15) is 0 Å². The summed E-state index contributed by atoms with van der Waals surface area (Å²) < 4.78 is 17.4. The number of hydrogen-bond acceptors (Lipinski definition) is 5. The van der Waals surface area contributed by atoms with Gasteiger partial charge in [-0.25, -0.2) is 4.79 Å². The quantitative estimate of drug-likeness (QED) is 0.659. The van der Waals surface area contributed by atoms with Gasteiger partial charge in [0.2, 0.25) is 5.91 Å². The van der Waals surface area contributed by atoms with Crippen LogP contribution in [0.3, 0.4) is 0 Å². The number of oxazole rings is 1. The number of aromatic nitrogens is 1. The zero-order valence-electron chi connectivity index (χ0n) is 16.7. The van der Waals surface area contributed by atoms with E-state index < -0.39 is 5.76 Å². The molecule has 7 heteroatoms. The van der Waals surface area contributed by atoms with Gasteiger partial charge in [-0.3, -0.25) is 9.36 Å². The first-order valence-corrected chi connectivity index (χ1v) is 9.61. The minimum Gasteiger partial charge on any atom is -0.493 e. The van der Waals surface area contributed by atoms with E-state index in [1.54, 1.807) is 39.5 Å². The van der Waals surface area contributed by atoms with Crippen LogP contribution < -0.4 is 20.5 Å². The van der Waals surface area contributed by atoms with E-state index in [4.69, 9.17) is 13.9 Å². The molecule has 1 heterocycles. The monoisotopic (exact) mass is 396 g/mol. The maximum absolute atomic E-state index is 12.7. The highest BCUT2D eigenvalue weighted by Crippen LogP contribution is 2.46. The Hall–Kier alpha value is -3.22. The number of amides is 1. The minimum absolute atomic E-state index is 0.0747. The van der Waals surface area contributed by atoms with Crippen molar-refractivity contribution in [3.63, 3.8) is 0 Å². The fraction of sp³-hybridized carbons (Fsp3) is 0.364. The van der Waals surface area contributed by atoms with Crippen molar-refractivity contribution in [3.05, 3.63) is 52.5 Å². The van der Waals surface area contributed by atoms with Crippen molar-refractivity contribution in [2.24, 2.45) is 13.0 Å². The summed E-state index contributed by atoms with van der Waals surface area (Å²) in [6, 6.07) is 11.1. The van der Waals surface area contributed by atoms with Crippen molar-refractivity contribution in [2.45, 2.75) is 25.2 Å². The van der Waals surface area contributed by atoms with Crippen LogP contribution in [0.1, 0.15) is 30.7 Å². The first kappa shape index (κ1) is 19.1. The summed E-state index contributed by atoms with van der Waals surface area (Å²) in [4.78, 5) is 24.4. The Labute approximate surface area is 168 Å². The molecule has 0 spiro atoms. The van der Waals surface area contributed by atoms with E-state index in [2.05, 4.69) is 5.32 Å². The number of aryl methyl sites for hydroxylation is 1. The van der Waals surface area contributed by atoms with Crippen LogP contribution >= 0.6 is 0 Å². The number of ether oxygens (including phenoxy) is 2. The van der Waals surface area contributed by atoms with Crippen molar-refractivity contribution < 1.29 is 18.7 Å². The highest BCUT2D eigenvalue weighted by molar-refractivity contribution is 5.93. The fourth-order valence-electron chi connectivity index (χ4n) is 3.76. The maximum atomic E-state index is 12.7. The van der Waals surface area contributed by atoms with Crippen LogP contribution in [0.5, 0.6) is 11.5 Å². The molecular weight excluding hydrogens is 372 g/mol. The Balaban J connectivity index is 1.52. The Morgan fingerprint density at radius 2 is 1.93 bits per heavy atom. The van der Waals surface area contributed by atoms with Crippen LogP contribution in [-0.2, 0) is 11.8 Å². The van der Waals surface area contributed by atoms with Crippen molar-refractivity contribution >= 4 is 22.7 Å². The number of fused-ring (bicyclic) bond motifs is 1. The molecule has 1 saturated carbocycles. The SMILES string of the molecule is COc1ccc(C(CC(=O)Nc2ccc3c(c2)oc(=O)n3C)C2CC2)cc1OC. The van der Waals surface area contributed by atoms with Crippen LogP contribution in [0.15, 0.2) is 45.6 Å². The normalized spacial score (nSPS) is 14.6. The summed E-state index contributed by atoms with van der Waals surface area (Å²) in [5.41, 5.74) is 2.83. The van der Waals surface area contributed by atoms with Crippen LogP contribution in [0.2, 0.25) is 0 Å². The predicted molar refractivity (Wildman–Crippen MR) is 110 cm³/mol. The number of rotatable bonds is 7. The van der Waals surface area contributed by atoms with Crippen LogP contribution in [0.4, 0.5) is 5.69 Å². The van der Waals surface area contributed by atoms with E-state index in [1.807, 2.05) is 18.2 Å². The van der Waals surface area contributed by atoms with Gasteiger partial charge >= 0.3 is 5.76 Å². The lowest BCUT2D eigenvalue weighted by Crippen LogP contribution is -2.17. The predicted octanol–water partition coefficient (Wildman–Crippen LogP) is 3.67. The number of methoxy groups -OCH3 is 2. The number of hydrogen-bond donors (Lipinski definition) is 1. The van der Waals surface area contributed by atoms with Crippen molar-refractivity contribution in [2.75, 3.05) is 19.5 Å². The van der Waals surface area contributed by atoms with Crippen molar-refractivity contribution in [1.82, 2.24) is 4.57 Å². The number of nitrogens with one attached hydrogen (secondary N) is 1. The van der Waals surface area contributed by atoms with Crippen LogP contribution in [0.25, 0.3) is 11.1 Å². The number of nitrogens with zero attached hydrogens (tertiary/aromatic N) is 1. The standard InChI is InChI=1S/C22H24N2O5/c1-24-17-8-7-15(11-19(17)29-22(24)26)23-21(25)12-16(13-4-5-13)14-6-9-18(27-2)20(10-14)28-3/h6-11,13,16H,4-5,12H2,1-3H3,(H,23,25). The smallest absolute Gasteiger partial charge is 0.419 e. The summed E-state index contributed by atoms with van der Waals surface area (Å²) >= 11 is 0. The molecule has 0 radical (unpaired) electrons. The van der Waals surface area contributed by atoms with E-state index in [9.17, 15) is 9.59 Å². The van der Waals surface area contributed by atoms with Gasteiger partial charge in [0.15, 0.2) is 17.1 Å². The van der Waals surface area contributed by atoms with Gasteiger partial charge in [0.1, 0.15) is 0 Å². The Morgan fingerprint density at radius 1 is 1.17 bits per heavy atom. The second-order valence-electron chi connectivity index (χ2n) is 7.42. The Kier molecular flexibility index (Phi) is 5.05. The third-order valence-corrected chi connectivity index (χ3v) is 5.51. The molecule has 1 aromatic heterocycles. The molecule has 3 aromatic rings. The highest BCUT2D eigenvalue weighted by atomic mass is 16.5. The molecule has 1 aliphatic rings. The Bertz CT molecular complexity index is 1110. The number of carbonyl (C=O) groups is 1. The lowest BCUT2D eigenvalue weighted by molar-refractivity contribution is -0.116. The third kappa shape index (κ3) is 3.85. The topological polar surface area (TPSA) is 82.7 Å². The van der Waals surface area contributed by atoms with E-state index >= 15 is 0 Å². The zero-order valence-corrected chi connectivity index (χ0v) is 16.7. The number of carbonyl (C=O) groups excluding carboxylic acids is 1. The van der Waals surface area contributed by atoms with Gasteiger partial charge in [-0.15, -0.1) is 0 Å².